The van der Waals surface area contributed by atoms with Gasteiger partial charge in [0.1, 0.15) is 11.9 Å². The lowest BCUT2D eigenvalue weighted by atomic mass is 10.2. The summed E-state index contributed by atoms with van der Waals surface area (Å²) in [6.07, 6.45) is 1.10. The molecule has 0 radical (unpaired) electrons. The van der Waals surface area contributed by atoms with E-state index in [2.05, 4.69) is 20.7 Å². The molecule has 32 heavy (non-hydrogen) atoms. The first kappa shape index (κ1) is 21.4. The van der Waals surface area contributed by atoms with Gasteiger partial charge in [-0.25, -0.2) is 22.7 Å². The summed E-state index contributed by atoms with van der Waals surface area (Å²) in [5.74, 6) is -0.0503. The van der Waals surface area contributed by atoms with Crippen LogP contribution >= 0.6 is 0 Å². The molecule has 3 aromatic rings. The molecule has 13 heteroatoms. The number of hydrogen-bond acceptors (Lipinski definition) is 7. The number of aromatic nitrogens is 3. The Bertz CT molecular complexity index is 1320. The molecular formula is C19H20N6O6S. The highest BCUT2D eigenvalue weighted by atomic mass is 32.2. The van der Waals surface area contributed by atoms with E-state index in [1.165, 1.54) is 35.8 Å². The SMILES string of the molecule is CC(=O)NCC1CN(S(=O)(=O)c2c(C)nn3cccnc23)c2cc(NC(=O)O)ccc2O1. The van der Waals surface area contributed by atoms with Crippen molar-refractivity contribution in [2.75, 3.05) is 22.7 Å². The average Bonchev–Trinajstić information content (AvgIpc) is 3.07. The van der Waals surface area contributed by atoms with Gasteiger partial charge in [0.05, 0.1) is 24.5 Å². The number of nitrogens with one attached hydrogen (secondary N) is 2. The van der Waals surface area contributed by atoms with Gasteiger partial charge in [-0.3, -0.25) is 14.4 Å². The maximum Gasteiger partial charge on any atom is 0.409 e. The molecule has 3 N–H and O–H groups in total. The van der Waals surface area contributed by atoms with Crippen LogP contribution in [0.25, 0.3) is 5.65 Å². The van der Waals surface area contributed by atoms with Crippen LogP contribution in [-0.4, -0.2) is 59.3 Å². The highest BCUT2D eigenvalue weighted by Gasteiger charge is 2.38. The van der Waals surface area contributed by atoms with Crippen LogP contribution in [0.5, 0.6) is 5.75 Å². The quantitative estimate of drug-likeness (QED) is 0.513. The number of rotatable bonds is 5. The molecule has 2 amide bonds. The standard InChI is InChI=1S/C19H20N6O6S/c1-11-17(18-20-6-3-7-24(18)23-11)32(29,30)25-10-14(9-21-12(2)26)31-16-5-4-13(8-15(16)25)22-19(27)28/h3-8,14,22H,9-10H2,1-2H3,(H,21,26)(H,27,28). The monoisotopic (exact) mass is 460 g/mol. The molecular weight excluding hydrogens is 440 g/mol. The van der Waals surface area contributed by atoms with Crippen molar-refractivity contribution in [3.8, 4) is 5.75 Å². The van der Waals surface area contributed by atoms with Gasteiger partial charge in [0.25, 0.3) is 10.0 Å². The Morgan fingerprint density at radius 3 is 2.84 bits per heavy atom. The van der Waals surface area contributed by atoms with E-state index < -0.39 is 22.2 Å². The van der Waals surface area contributed by atoms with E-state index >= 15 is 0 Å². The zero-order chi connectivity index (χ0) is 23.0. The van der Waals surface area contributed by atoms with Crippen molar-refractivity contribution in [3.05, 3.63) is 42.4 Å². The Kier molecular flexibility index (Phi) is 5.34. The smallest absolute Gasteiger partial charge is 0.409 e. The van der Waals surface area contributed by atoms with Crippen LogP contribution in [0.1, 0.15) is 12.6 Å². The van der Waals surface area contributed by atoms with E-state index in [-0.39, 0.29) is 52.4 Å². The highest BCUT2D eigenvalue weighted by molar-refractivity contribution is 7.93. The molecule has 1 atom stereocenters. The van der Waals surface area contributed by atoms with Crippen LogP contribution in [-0.2, 0) is 14.8 Å². The minimum atomic E-state index is -4.19. The van der Waals surface area contributed by atoms with E-state index in [0.29, 0.717) is 0 Å². The molecule has 1 aromatic carbocycles. The zero-order valence-electron chi connectivity index (χ0n) is 17.1. The van der Waals surface area contributed by atoms with Crippen molar-refractivity contribution in [1.29, 1.82) is 0 Å². The van der Waals surface area contributed by atoms with Crippen LogP contribution in [0.4, 0.5) is 16.2 Å². The van der Waals surface area contributed by atoms with Gasteiger partial charge in [-0.15, -0.1) is 0 Å². The molecule has 0 bridgehead atoms. The first-order valence-electron chi connectivity index (χ1n) is 9.54. The summed E-state index contributed by atoms with van der Waals surface area (Å²) < 4.78 is 36.0. The summed E-state index contributed by atoms with van der Waals surface area (Å²) in [6, 6.07) is 5.95. The van der Waals surface area contributed by atoms with E-state index in [4.69, 9.17) is 9.84 Å². The number of carbonyl (C=O) groups is 2. The lowest BCUT2D eigenvalue weighted by molar-refractivity contribution is -0.119. The van der Waals surface area contributed by atoms with Crippen molar-refractivity contribution in [3.63, 3.8) is 0 Å². The fraction of sp³-hybridized carbons (Fsp3) is 0.263. The molecule has 0 fully saturated rings. The van der Waals surface area contributed by atoms with Gasteiger partial charge in [-0.05, 0) is 31.2 Å². The molecule has 12 nitrogen and oxygen atoms in total. The minimum Gasteiger partial charge on any atom is -0.484 e. The number of aryl methyl sites for hydroxylation is 1. The van der Waals surface area contributed by atoms with Crippen molar-refractivity contribution in [2.24, 2.45) is 0 Å². The summed E-state index contributed by atoms with van der Waals surface area (Å²) in [5.41, 5.74) is 0.756. The number of ether oxygens (including phenoxy) is 1. The first-order chi connectivity index (χ1) is 15.2. The van der Waals surface area contributed by atoms with Crippen LogP contribution in [0.2, 0.25) is 0 Å². The molecule has 1 aliphatic rings. The molecule has 1 aliphatic heterocycles. The lowest BCUT2D eigenvalue weighted by Crippen LogP contribution is -2.48. The average molecular weight is 460 g/mol. The van der Waals surface area contributed by atoms with Crippen molar-refractivity contribution in [2.45, 2.75) is 24.8 Å². The fourth-order valence-electron chi connectivity index (χ4n) is 3.49. The number of carboxylic acid groups (broad SMARTS) is 1. The number of hydrogen-bond donors (Lipinski definition) is 3. The molecule has 4 rings (SSSR count). The number of carbonyl (C=O) groups excluding carboxylic acids is 1. The number of anilines is 2. The molecule has 0 saturated heterocycles. The van der Waals surface area contributed by atoms with Crippen LogP contribution in [0.15, 0.2) is 41.6 Å². The van der Waals surface area contributed by atoms with Gasteiger partial charge >= 0.3 is 6.09 Å². The molecule has 1 unspecified atom stereocenters. The third-order valence-electron chi connectivity index (χ3n) is 4.79. The highest BCUT2D eigenvalue weighted by Crippen LogP contribution is 2.39. The Balaban J connectivity index is 1.83. The van der Waals surface area contributed by atoms with Crippen molar-refractivity contribution < 1.29 is 27.9 Å². The lowest BCUT2D eigenvalue weighted by Gasteiger charge is -2.35. The summed E-state index contributed by atoms with van der Waals surface area (Å²) in [4.78, 5) is 26.5. The van der Waals surface area contributed by atoms with Gasteiger partial charge in [0.15, 0.2) is 10.5 Å². The molecule has 3 heterocycles. The molecule has 0 saturated carbocycles. The van der Waals surface area contributed by atoms with Crippen LogP contribution in [0.3, 0.4) is 0 Å². The summed E-state index contributed by atoms with van der Waals surface area (Å²) >= 11 is 0. The van der Waals surface area contributed by atoms with E-state index in [9.17, 15) is 18.0 Å². The first-order valence-corrected chi connectivity index (χ1v) is 11.0. The predicted octanol–water partition coefficient (Wildman–Crippen LogP) is 1.22. The number of amides is 2. The van der Waals surface area contributed by atoms with Gasteiger partial charge in [0.2, 0.25) is 5.91 Å². The molecule has 2 aromatic heterocycles. The van der Waals surface area contributed by atoms with Crippen molar-refractivity contribution in [1.82, 2.24) is 19.9 Å². The predicted molar refractivity (Wildman–Crippen MR) is 113 cm³/mol. The molecule has 0 spiro atoms. The fourth-order valence-corrected chi connectivity index (χ4v) is 5.27. The Morgan fingerprint density at radius 1 is 1.34 bits per heavy atom. The topological polar surface area (TPSA) is 155 Å². The maximum atomic E-state index is 13.8. The molecule has 0 aliphatic carbocycles. The minimum absolute atomic E-state index is 0.0687. The molecule has 168 valence electrons. The Morgan fingerprint density at radius 2 is 2.12 bits per heavy atom. The van der Waals surface area contributed by atoms with Gasteiger partial charge in [0, 0.05) is 25.0 Å². The van der Waals surface area contributed by atoms with Gasteiger partial charge in [-0.2, -0.15) is 5.10 Å². The van der Waals surface area contributed by atoms with E-state index in [0.717, 1.165) is 4.31 Å². The van der Waals surface area contributed by atoms with E-state index in [1.54, 1.807) is 19.2 Å². The van der Waals surface area contributed by atoms with Crippen molar-refractivity contribution >= 4 is 39.0 Å². The second-order valence-corrected chi connectivity index (χ2v) is 8.93. The number of benzene rings is 1. The number of sulfonamides is 1. The maximum absolute atomic E-state index is 13.8. The summed E-state index contributed by atoms with van der Waals surface area (Å²) in [7, 11) is -4.19. The van der Waals surface area contributed by atoms with E-state index in [1.807, 2.05) is 0 Å². The Labute approximate surface area is 182 Å². The van der Waals surface area contributed by atoms with Gasteiger partial charge < -0.3 is 15.2 Å². The normalized spacial score (nSPS) is 15.7. The summed E-state index contributed by atoms with van der Waals surface area (Å²) in [5, 5.41) is 18.1. The largest absolute Gasteiger partial charge is 0.484 e. The van der Waals surface area contributed by atoms with Crippen LogP contribution in [0, 0.1) is 6.92 Å². The second kappa shape index (κ2) is 8.00. The Hall–Kier alpha value is -3.87. The third-order valence-corrected chi connectivity index (χ3v) is 6.71. The summed E-state index contributed by atoms with van der Waals surface area (Å²) in [6.45, 7) is 2.89. The van der Waals surface area contributed by atoms with Crippen LogP contribution < -0.4 is 19.7 Å². The zero-order valence-corrected chi connectivity index (χ0v) is 18.0. The third kappa shape index (κ3) is 3.89. The van der Waals surface area contributed by atoms with Gasteiger partial charge in [-0.1, -0.05) is 0 Å². The second-order valence-electron chi connectivity index (χ2n) is 7.13. The number of nitrogens with zero attached hydrogens (tertiary/aromatic N) is 4. The number of fused-ring (bicyclic) bond motifs is 2.